The van der Waals surface area contributed by atoms with Crippen LogP contribution < -0.4 is 9.61 Å². The van der Waals surface area contributed by atoms with E-state index in [9.17, 15) is 17.1 Å². The number of benzene rings is 3. The molecule has 0 fully saturated rings. The van der Waals surface area contributed by atoms with Gasteiger partial charge in [-0.05, 0) is 73.4 Å². The third-order valence-electron chi connectivity index (χ3n) is 6.38. The summed E-state index contributed by atoms with van der Waals surface area (Å²) in [6, 6.07) is 15.6. The van der Waals surface area contributed by atoms with Crippen molar-refractivity contribution in [1.29, 1.82) is 0 Å². The summed E-state index contributed by atoms with van der Waals surface area (Å²) in [6.07, 6.45) is 6.20. The van der Waals surface area contributed by atoms with Gasteiger partial charge in [-0.2, -0.15) is 8.42 Å². The fraction of sp³-hybridized carbons (Fsp3) is 0.179. The van der Waals surface area contributed by atoms with Gasteiger partial charge < -0.3 is 13.7 Å². The number of hydrogen-bond acceptors (Lipinski definition) is 4. The Labute approximate surface area is 207 Å². The molecule has 8 heteroatoms. The molecule has 0 unspecified atom stereocenters. The highest BCUT2D eigenvalue weighted by atomic mass is 32.3. The molecule has 0 amide bonds. The van der Waals surface area contributed by atoms with Crippen molar-refractivity contribution in [3.8, 4) is 29.2 Å². The lowest BCUT2D eigenvalue weighted by Crippen LogP contribution is -2.13. The molecule has 2 aromatic heterocycles. The average molecular weight is 503 g/mol. The summed E-state index contributed by atoms with van der Waals surface area (Å²) in [6.45, 7) is 6.05. The van der Waals surface area contributed by atoms with Crippen molar-refractivity contribution in [2.75, 3.05) is 0 Å². The second kappa shape index (κ2) is 8.54. The number of H-pyrrole nitrogens is 1. The number of hydrogen-bond donors (Lipinski definition) is 1. The normalized spacial score (nSPS) is 12.0. The zero-order chi connectivity index (χ0) is 25.8. The standard InChI is InChI=1S/C28H23FN2O4S/c1-5-17-10-11-21-24(12-17)30-28-26(21)27(32)23-14-18(6-2)22(15-25(23)31(28)16(3)4)19-8-7-9-20(13-19)35-36(29,33)34/h1,7-16,30H,6H2,2-4H3. The van der Waals surface area contributed by atoms with Crippen LogP contribution in [0.5, 0.6) is 5.75 Å². The predicted octanol–water partition coefficient (Wildman–Crippen LogP) is 6.02. The van der Waals surface area contributed by atoms with E-state index in [2.05, 4.69) is 19.7 Å². The van der Waals surface area contributed by atoms with Gasteiger partial charge in [-0.3, -0.25) is 4.79 Å². The number of pyridine rings is 1. The van der Waals surface area contributed by atoms with Crippen molar-refractivity contribution in [1.82, 2.24) is 9.55 Å². The summed E-state index contributed by atoms with van der Waals surface area (Å²) in [4.78, 5) is 17.2. The number of nitrogens with zero attached hydrogens (tertiary/aromatic N) is 1. The van der Waals surface area contributed by atoms with Crippen LogP contribution in [0, 0.1) is 12.3 Å². The fourth-order valence-corrected chi connectivity index (χ4v) is 5.21. The van der Waals surface area contributed by atoms with Crippen LogP contribution in [-0.4, -0.2) is 18.0 Å². The first-order valence-corrected chi connectivity index (χ1v) is 12.8. The maximum atomic E-state index is 13.8. The Balaban J connectivity index is 1.87. The summed E-state index contributed by atoms with van der Waals surface area (Å²) in [5, 5.41) is 2.00. The van der Waals surface area contributed by atoms with Gasteiger partial charge in [-0.15, -0.1) is 6.42 Å². The molecule has 0 saturated carbocycles. The van der Waals surface area contributed by atoms with Crippen LogP contribution in [0.3, 0.4) is 0 Å². The van der Waals surface area contributed by atoms with Gasteiger partial charge in [0.25, 0.3) is 0 Å². The van der Waals surface area contributed by atoms with E-state index in [-0.39, 0.29) is 17.2 Å². The van der Waals surface area contributed by atoms with E-state index in [0.29, 0.717) is 28.4 Å². The molecule has 0 spiro atoms. The van der Waals surface area contributed by atoms with Crippen LogP contribution in [0.25, 0.3) is 44.0 Å². The van der Waals surface area contributed by atoms with Crippen LogP contribution in [0.2, 0.25) is 0 Å². The van der Waals surface area contributed by atoms with Gasteiger partial charge in [0.15, 0.2) is 5.43 Å². The van der Waals surface area contributed by atoms with Crippen LogP contribution >= 0.6 is 0 Å². The summed E-state index contributed by atoms with van der Waals surface area (Å²) in [5.74, 6) is 2.50. The third kappa shape index (κ3) is 3.91. The molecule has 0 aliphatic carbocycles. The minimum atomic E-state index is -5.15. The SMILES string of the molecule is C#Cc1ccc2c(c1)[nH]c1c2c(=O)c2cc(CC)c(-c3cccc(OS(=O)(=O)F)c3)cc2n1C(C)C. The van der Waals surface area contributed by atoms with E-state index in [1.807, 2.05) is 51.1 Å². The van der Waals surface area contributed by atoms with Gasteiger partial charge >= 0.3 is 10.5 Å². The Morgan fingerprint density at radius 1 is 1.11 bits per heavy atom. The molecule has 6 nitrogen and oxygen atoms in total. The van der Waals surface area contributed by atoms with E-state index in [1.165, 1.54) is 12.1 Å². The van der Waals surface area contributed by atoms with E-state index >= 15 is 0 Å². The number of halogens is 1. The molecule has 182 valence electrons. The highest BCUT2D eigenvalue weighted by Gasteiger charge is 2.20. The van der Waals surface area contributed by atoms with Gasteiger partial charge in [0.2, 0.25) is 0 Å². The predicted molar refractivity (Wildman–Crippen MR) is 141 cm³/mol. The van der Waals surface area contributed by atoms with Crippen molar-refractivity contribution in [2.24, 2.45) is 0 Å². The lowest BCUT2D eigenvalue weighted by Gasteiger charge is -2.19. The maximum absolute atomic E-state index is 13.8. The minimum absolute atomic E-state index is 0.00226. The average Bonchev–Trinajstić information content (AvgIpc) is 3.20. The molecule has 0 radical (unpaired) electrons. The zero-order valence-electron chi connectivity index (χ0n) is 19.9. The van der Waals surface area contributed by atoms with Gasteiger partial charge in [0.05, 0.1) is 10.9 Å². The highest BCUT2D eigenvalue weighted by molar-refractivity contribution is 7.81. The molecule has 1 N–H and O–H groups in total. The van der Waals surface area contributed by atoms with Crippen molar-refractivity contribution in [3.05, 3.63) is 75.9 Å². The van der Waals surface area contributed by atoms with Crippen molar-refractivity contribution >= 4 is 43.3 Å². The monoisotopic (exact) mass is 502 g/mol. The number of rotatable bonds is 5. The van der Waals surface area contributed by atoms with E-state index in [0.717, 1.165) is 33.1 Å². The molecule has 5 rings (SSSR count). The molecule has 0 saturated heterocycles. The Morgan fingerprint density at radius 2 is 1.89 bits per heavy atom. The molecule has 0 bridgehead atoms. The fourth-order valence-electron chi connectivity index (χ4n) is 4.88. The first-order valence-electron chi connectivity index (χ1n) is 11.5. The van der Waals surface area contributed by atoms with Crippen LogP contribution in [0.4, 0.5) is 3.89 Å². The molecule has 0 aliphatic rings. The summed E-state index contributed by atoms with van der Waals surface area (Å²) < 4.78 is 41.7. The second-order valence-electron chi connectivity index (χ2n) is 8.93. The molecule has 0 aliphatic heterocycles. The molecule has 2 heterocycles. The number of nitrogens with one attached hydrogen (secondary N) is 1. The van der Waals surface area contributed by atoms with Crippen LogP contribution in [0.1, 0.15) is 37.9 Å². The van der Waals surface area contributed by atoms with Crippen molar-refractivity contribution < 1.29 is 16.5 Å². The number of fused-ring (bicyclic) bond motifs is 4. The third-order valence-corrected chi connectivity index (χ3v) is 6.77. The van der Waals surface area contributed by atoms with Gasteiger partial charge in [0.1, 0.15) is 11.4 Å². The largest absolute Gasteiger partial charge is 0.488 e. The maximum Gasteiger partial charge on any atom is 0.488 e. The van der Waals surface area contributed by atoms with Crippen LogP contribution in [-0.2, 0) is 16.9 Å². The summed E-state index contributed by atoms with van der Waals surface area (Å²) >= 11 is 0. The first-order chi connectivity index (χ1) is 17.1. The Morgan fingerprint density at radius 3 is 2.56 bits per heavy atom. The number of aromatic nitrogens is 2. The number of aromatic amines is 1. The molecule has 0 atom stereocenters. The molecular formula is C28H23FN2O4S. The molecule has 36 heavy (non-hydrogen) atoms. The van der Waals surface area contributed by atoms with Crippen molar-refractivity contribution in [3.63, 3.8) is 0 Å². The summed E-state index contributed by atoms with van der Waals surface area (Å²) in [5.41, 5.74) is 5.18. The topological polar surface area (TPSA) is 81.2 Å². The molecular weight excluding hydrogens is 479 g/mol. The van der Waals surface area contributed by atoms with E-state index in [4.69, 9.17) is 6.42 Å². The Kier molecular flexibility index (Phi) is 5.61. The van der Waals surface area contributed by atoms with Gasteiger partial charge in [0, 0.05) is 27.9 Å². The molecule has 3 aromatic carbocycles. The Bertz CT molecular complexity index is 1890. The van der Waals surface area contributed by atoms with E-state index < -0.39 is 10.5 Å². The summed E-state index contributed by atoms with van der Waals surface area (Å²) in [7, 11) is -5.15. The van der Waals surface area contributed by atoms with Gasteiger partial charge in [-0.1, -0.05) is 34.9 Å². The van der Waals surface area contributed by atoms with Crippen LogP contribution in [0.15, 0.2) is 59.4 Å². The first kappa shape index (κ1) is 23.6. The Hall–Kier alpha value is -4.09. The zero-order valence-corrected chi connectivity index (χ0v) is 20.7. The number of aryl methyl sites for hydroxylation is 1. The number of terminal acetylenes is 1. The second-order valence-corrected chi connectivity index (χ2v) is 9.88. The lowest BCUT2D eigenvalue weighted by atomic mass is 9.94. The minimum Gasteiger partial charge on any atom is -0.358 e. The quantitative estimate of drug-likeness (QED) is 0.235. The smallest absolute Gasteiger partial charge is 0.358 e. The van der Waals surface area contributed by atoms with Gasteiger partial charge in [-0.25, -0.2) is 0 Å². The van der Waals surface area contributed by atoms with Crippen molar-refractivity contribution in [2.45, 2.75) is 33.2 Å². The highest BCUT2D eigenvalue weighted by Crippen LogP contribution is 2.35. The van der Waals surface area contributed by atoms with E-state index in [1.54, 1.807) is 12.1 Å². The molecule has 5 aromatic rings. The lowest BCUT2D eigenvalue weighted by molar-refractivity contribution is 0.440.